The molecule has 2 aromatic rings. The van der Waals surface area contributed by atoms with Crippen molar-refractivity contribution in [2.45, 2.75) is 25.9 Å². The average Bonchev–Trinajstić information content (AvgIpc) is 3.13. The molecule has 0 spiro atoms. The average molecular weight is 338 g/mol. The summed E-state index contributed by atoms with van der Waals surface area (Å²) < 4.78 is 12.9. The molecule has 0 bridgehead atoms. The van der Waals surface area contributed by atoms with Crippen molar-refractivity contribution in [3.8, 4) is 0 Å². The smallest absolute Gasteiger partial charge is 0.244 e. The number of likely N-dealkylation sites (tertiary alicyclic amines) is 1. The SMILES string of the molecule is O=C(/C=C/c1ccc(F)cc1)NCc1ccccc1CN1CCCC1. The quantitative estimate of drug-likeness (QED) is 0.814. The maximum absolute atomic E-state index is 12.9. The number of benzene rings is 2. The van der Waals surface area contributed by atoms with Gasteiger partial charge in [0.1, 0.15) is 5.82 Å². The summed E-state index contributed by atoms with van der Waals surface area (Å²) >= 11 is 0. The molecule has 1 N–H and O–H groups in total. The van der Waals surface area contributed by atoms with Crippen molar-refractivity contribution in [1.29, 1.82) is 0 Å². The van der Waals surface area contributed by atoms with Gasteiger partial charge in [-0.1, -0.05) is 36.4 Å². The van der Waals surface area contributed by atoms with Gasteiger partial charge in [-0.25, -0.2) is 4.39 Å². The van der Waals surface area contributed by atoms with Crippen LogP contribution in [0, 0.1) is 5.82 Å². The molecule has 2 aromatic carbocycles. The number of hydrogen-bond acceptors (Lipinski definition) is 2. The second kappa shape index (κ2) is 8.58. The van der Waals surface area contributed by atoms with Gasteiger partial charge in [0.2, 0.25) is 5.91 Å². The molecule has 1 aliphatic heterocycles. The molecule has 130 valence electrons. The summed E-state index contributed by atoms with van der Waals surface area (Å²) in [4.78, 5) is 14.5. The number of carbonyl (C=O) groups excluding carboxylic acids is 1. The highest BCUT2D eigenvalue weighted by Gasteiger charge is 2.13. The number of rotatable bonds is 6. The Bertz CT molecular complexity index is 734. The van der Waals surface area contributed by atoms with Gasteiger partial charge in [0, 0.05) is 19.2 Å². The zero-order valence-corrected chi connectivity index (χ0v) is 14.2. The van der Waals surface area contributed by atoms with E-state index in [1.807, 2.05) is 12.1 Å². The van der Waals surface area contributed by atoms with Gasteiger partial charge < -0.3 is 5.32 Å². The van der Waals surface area contributed by atoms with Crippen molar-refractivity contribution in [3.05, 3.63) is 77.1 Å². The maximum atomic E-state index is 12.9. The summed E-state index contributed by atoms with van der Waals surface area (Å²) in [5.41, 5.74) is 3.22. The lowest BCUT2D eigenvalue weighted by atomic mass is 10.1. The first kappa shape index (κ1) is 17.4. The van der Waals surface area contributed by atoms with Gasteiger partial charge in [-0.15, -0.1) is 0 Å². The van der Waals surface area contributed by atoms with Crippen molar-refractivity contribution in [2.24, 2.45) is 0 Å². The molecule has 0 atom stereocenters. The third-order valence-corrected chi connectivity index (χ3v) is 4.46. The molecule has 1 aliphatic rings. The predicted octanol–water partition coefficient (Wildman–Crippen LogP) is 3.75. The van der Waals surface area contributed by atoms with Crippen molar-refractivity contribution in [3.63, 3.8) is 0 Å². The number of amides is 1. The summed E-state index contributed by atoms with van der Waals surface area (Å²) in [7, 11) is 0. The largest absolute Gasteiger partial charge is 0.348 e. The van der Waals surface area contributed by atoms with Gasteiger partial charge in [-0.05, 0) is 60.8 Å². The minimum atomic E-state index is -0.281. The molecule has 1 amide bonds. The minimum Gasteiger partial charge on any atom is -0.348 e. The molecule has 0 aromatic heterocycles. The first-order chi connectivity index (χ1) is 12.2. The molecule has 0 saturated carbocycles. The van der Waals surface area contributed by atoms with Crippen molar-refractivity contribution in [1.82, 2.24) is 10.2 Å². The van der Waals surface area contributed by atoms with E-state index in [2.05, 4.69) is 22.3 Å². The van der Waals surface area contributed by atoms with Crippen LogP contribution in [-0.4, -0.2) is 23.9 Å². The fraction of sp³-hybridized carbons (Fsp3) is 0.286. The molecule has 4 heteroatoms. The van der Waals surface area contributed by atoms with Crippen LogP contribution in [0.2, 0.25) is 0 Å². The summed E-state index contributed by atoms with van der Waals surface area (Å²) in [6, 6.07) is 14.3. The Morgan fingerprint density at radius 1 is 1.04 bits per heavy atom. The zero-order chi connectivity index (χ0) is 17.5. The summed E-state index contributed by atoms with van der Waals surface area (Å²) in [5, 5.41) is 2.93. The van der Waals surface area contributed by atoms with Gasteiger partial charge >= 0.3 is 0 Å². The van der Waals surface area contributed by atoms with Crippen LogP contribution in [0.4, 0.5) is 4.39 Å². The van der Waals surface area contributed by atoms with Crippen LogP contribution in [0.1, 0.15) is 29.5 Å². The minimum absolute atomic E-state index is 0.152. The highest BCUT2D eigenvalue weighted by molar-refractivity contribution is 5.91. The number of nitrogens with one attached hydrogen (secondary N) is 1. The second-order valence-electron chi connectivity index (χ2n) is 6.35. The van der Waals surface area contributed by atoms with Crippen LogP contribution >= 0.6 is 0 Å². The maximum Gasteiger partial charge on any atom is 0.244 e. The van der Waals surface area contributed by atoms with E-state index in [1.165, 1.54) is 36.6 Å². The first-order valence-electron chi connectivity index (χ1n) is 8.71. The van der Waals surface area contributed by atoms with Gasteiger partial charge in [0.25, 0.3) is 0 Å². The normalized spacial score (nSPS) is 14.9. The van der Waals surface area contributed by atoms with Crippen molar-refractivity contribution >= 4 is 12.0 Å². The highest BCUT2D eigenvalue weighted by atomic mass is 19.1. The van der Waals surface area contributed by atoms with Crippen LogP contribution in [0.5, 0.6) is 0 Å². The lowest BCUT2D eigenvalue weighted by molar-refractivity contribution is -0.116. The van der Waals surface area contributed by atoms with E-state index in [0.29, 0.717) is 6.54 Å². The third-order valence-electron chi connectivity index (χ3n) is 4.46. The summed E-state index contributed by atoms with van der Waals surface area (Å²) in [6.07, 6.45) is 5.71. The molecule has 1 saturated heterocycles. The first-order valence-corrected chi connectivity index (χ1v) is 8.71. The van der Waals surface area contributed by atoms with Crippen LogP contribution < -0.4 is 5.32 Å². The Morgan fingerprint density at radius 2 is 1.72 bits per heavy atom. The molecule has 0 unspecified atom stereocenters. The van der Waals surface area contributed by atoms with E-state index < -0.39 is 0 Å². The predicted molar refractivity (Wildman–Crippen MR) is 98.2 cm³/mol. The van der Waals surface area contributed by atoms with Crippen LogP contribution in [-0.2, 0) is 17.9 Å². The van der Waals surface area contributed by atoms with Crippen molar-refractivity contribution < 1.29 is 9.18 Å². The molecule has 3 rings (SSSR count). The number of carbonyl (C=O) groups is 1. The van der Waals surface area contributed by atoms with Gasteiger partial charge in [0.15, 0.2) is 0 Å². The molecule has 25 heavy (non-hydrogen) atoms. The topological polar surface area (TPSA) is 32.3 Å². The van der Waals surface area contributed by atoms with Crippen LogP contribution in [0.3, 0.4) is 0 Å². The summed E-state index contributed by atoms with van der Waals surface area (Å²) in [5.74, 6) is -0.434. The third kappa shape index (κ3) is 5.26. The lowest BCUT2D eigenvalue weighted by Gasteiger charge is -2.17. The Balaban J connectivity index is 1.55. The zero-order valence-electron chi connectivity index (χ0n) is 14.2. The molecular formula is C21H23FN2O. The van der Waals surface area contributed by atoms with Gasteiger partial charge in [-0.2, -0.15) is 0 Å². The monoisotopic (exact) mass is 338 g/mol. The van der Waals surface area contributed by atoms with E-state index in [-0.39, 0.29) is 11.7 Å². The van der Waals surface area contributed by atoms with Gasteiger partial charge in [0.05, 0.1) is 0 Å². The molecule has 3 nitrogen and oxygen atoms in total. The summed E-state index contributed by atoms with van der Waals surface area (Å²) in [6.45, 7) is 3.76. The van der Waals surface area contributed by atoms with Crippen LogP contribution in [0.25, 0.3) is 6.08 Å². The Labute approximate surface area is 148 Å². The van der Waals surface area contributed by atoms with E-state index >= 15 is 0 Å². The fourth-order valence-electron chi connectivity index (χ4n) is 3.05. The molecular weight excluding hydrogens is 315 g/mol. The Morgan fingerprint density at radius 3 is 2.44 bits per heavy atom. The Hall–Kier alpha value is -2.46. The van der Waals surface area contributed by atoms with E-state index in [4.69, 9.17) is 0 Å². The van der Waals surface area contributed by atoms with Crippen LogP contribution in [0.15, 0.2) is 54.6 Å². The fourth-order valence-corrected chi connectivity index (χ4v) is 3.05. The highest BCUT2D eigenvalue weighted by Crippen LogP contribution is 2.16. The van der Waals surface area contributed by atoms with Gasteiger partial charge in [-0.3, -0.25) is 9.69 Å². The number of hydrogen-bond donors (Lipinski definition) is 1. The second-order valence-corrected chi connectivity index (χ2v) is 6.35. The molecule has 0 aliphatic carbocycles. The lowest BCUT2D eigenvalue weighted by Crippen LogP contribution is -2.23. The standard InChI is InChI=1S/C21H23FN2O/c22-20-10-7-17(8-11-20)9-12-21(25)23-15-18-5-1-2-6-19(18)16-24-13-3-4-14-24/h1-2,5-12H,3-4,13-16H2,(H,23,25)/b12-9+. The van der Waals surface area contributed by atoms with E-state index in [1.54, 1.807) is 18.2 Å². The van der Waals surface area contributed by atoms with E-state index in [9.17, 15) is 9.18 Å². The number of halogens is 1. The van der Waals surface area contributed by atoms with Crippen molar-refractivity contribution in [2.75, 3.05) is 13.1 Å². The molecule has 1 heterocycles. The van der Waals surface area contributed by atoms with E-state index in [0.717, 1.165) is 30.8 Å². The molecule has 0 radical (unpaired) electrons. The molecule has 1 fully saturated rings. The number of nitrogens with zero attached hydrogens (tertiary/aromatic N) is 1. The Kier molecular flexibility index (Phi) is 5.96.